The third-order valence-corrected chi connectivity index (χ3v) is 3.82. The molecule has 0 radical (unpaired) electrons. The number of rotatable bonds is 6. The fraction of sp³-hybridized carbons (Fsp3) is 0.333. The average molecular weight is 305 g/mol. The highest BCUT2D eigenvalue weighted by atomic mass is 32.1. The van der Waals surface area contributed by atoms with E-state index in [2.05, 4.69) is 21.7 Å². The monoisotopic (exact) mass is 305 g/mol. The normalized spacial score (nSPS) is 12.0. The van der Waals surface area contributed by atoms with Gasteiger partial charge in [-0.1, -0.05) is 12.1 Å². The number of nitrogens with zero attached hydrogens (tertiary/aromatic N) is 1. The summed E-state index contributed by atoms with van der Waals surface area (Å²) in [5, 5.41) is 8.56. The van der Waals surface area contributed by atoms with Gasteiger partial charge in [-0.05, 0) is 24.6 Å². The Morgan fingerprint density at radius 1 is 1.48 bits per heavy atom. The van der Waals surface area contributed by atoms with Gasteiger partial charge in [0.2, 0.25) is 5.91 Å². The highest BCUT2D eigenvalue weighted by Gasteiger charge is 2.06. The lowest BCUT2D eigenvalue weighted by atomic mass is 10.1. The zero-order valence-electron chi connectivity index (χ0n) is 12.3. The van der Waals surface area contributed by atoms with E-state index in [4.69, 9.17) is 4.74 Å². The Morgan fingerprint density at radius 2 is 2.29 bits per heavy atom. The van der Waals surface area contributed by atoms with E-state index < -0.39 is 0 Å². The van der Waals surface area contributed by atoms with Gasteiger partial charge in [-0.15, -0.1) is 11.3 Å². The van der Waals surface area contributed by atoms with Crippen LogP contribution in [-0.4, -0.2) is 18.0 Å². The van der Waals surface area contributed by atoms with E-state index in [1.54, 1.807) is 7.11 Å². The van der Waals surface area contributed by atoms with Gasteiger partial charge in [0.15, 0.2) is 5.13 Å². The Labute approximate surface area is 128 Å². The van der Waals surface area contributed by atoms with Crippen LogP contribution in [0.1, 0.15) is 31.2 Å². The summed E-state index contributed by atoms with van der Waals surface area (Å²) in [6.45, 7) is 4.10. The maximum absolute atomic E-state index is 11.0. The molecule has 1 aromatic carbocycles. The summed E-state index contributed by atoms with van der Waals surface area (Å²) in [5.74, 6) is -0.106. The lowest BCUT2D eigenvalue weighted by molar-refractivity contribution is -0.114. The summed E-state index contributed by atoms with van der Waals surface area (Å²) in [4.78, 5) is 15.3. The van der Waals surface area contributed by atoms with E-state index >= 15 is 0 Å². The molecule has 0 aliphatic carbocycles. The predicted molar refractivity (Wildman–Crippen MR) is 85.6 cm³/mol. The van der Waals surface area contributed by atoms with Gasteiger partial charge in [0, 0.05) is 25.1 Å². The van der Waals surface area contributed by atoms with Gasteiger partial charge in [0.1, 0.15) is 0 Å². The Bertz CT molecular complexity index is 612. The lowest BCUT2D eigenvalue weighted by Gasteiger charge is -2.12. The summed E-state index contributed by atoms with van der Waals surface area (Å²) in [6, 6.07) is 8.11. The lowest BCUT2D eigenvalue weighted by Crippen LogP contribution is -2.06. The largest absolute Gasteiger partial charge is 0.379 e. The second-order valence-electron chi connectivity index (χ2n) is 4.68. The third kappa shape index (κ3) is 4.54. The molecule has 0 fully saturated rings. The number of hydrogen-bond acceptors (Lipinski definition) is 5. The van der Waals surface area contributed by atoms with Crippen LogP contribution in [0, 0.1) is 0 Å². The molecule has 1 atom stereocenters. The number of anilines is 2. The molecule has 0 bridgehead atoms. The van der Waals surface area contributed by atoms with Gasteiger partial charge >= 0.3 is 0 Å². The van der Waals surface area contributed by atoms with Crippen molar-refractivity contribution in [3.63, 3.8) is 0 Å². The van der Waals surface area contributed by atoms with E-state index in [1.807, 2.05) is 30.5 Å². The molecule has 1 aromatic heterocycles. The molecule has 112 valence electrons. The number of amides is 1. The summed E-state index contributed by atoms with van der Waals surface area (Å²) >= 11 is 1.42. The van der Waals surface area contributed by atoms with Crippen molar-refractivity contribution in [2.24, 2.45) is 0 Å². The standard InChI is InChI=1S/C15H19N3O2S/c1-10(20-3)12-5-4-6-13(7-12)16-8-14-9-21-15(18-14)17-11(2)19/h4-7,9-10,16H,8H2,1-3H3,(H,17,18,19). The van der Waals surface area contributed by atoms with Crippen LogP contribution in [0.2, 0.25) is 0 Å². The molecule has 2 aromatic rings. The molecular weight excluding hydrogens is 286 g/mol. The van der Waals surface area contributed by atoms with Crippen LogP contribution in [0.4, 0.5) is 10.8 Å². The molecule has 0 saturated heterocycles. The molecule has 5 nitrogen and oxygen atoms in total. The van der Waals surface area contributed by atoms with E-state index in [1.165, 1.54) is 18.3 Å². The highest BCUT2D eigenvalue weighted by molar-refractivity contribution is 7.13. The second kappa shape index (κ2) is 7.19. The first-order chi connectivity index (χ1) is 10.1. The summed E-state index contributed by atoms with van der Waals surface area (Å²) in [5.41, 5.74) is 3.04. The molecule has 0 saturated carbocycles. The number of hydrogen-bond donors (Lipinski definition) is 2. The maximum atomic E-state index is 11.0. The van der Waals surface area contributed by atoms with Gasteiger partial charge in [0.25, 0.3) is 0 Å². The van der Waals surface area contributed by atoms with Crippen LogP contribution >= 0.6 is 11.3 Å². The van der Waals surface area contributed by atoms with Crippen molar-refractivity contribution in [3.8, 4) is 0 Å². The number of carbonyl (C=O) groups is 1. The van der Waals surface area contributed by atoms with Crippen LogP contribution < -0.4 is 10.6 Å². The molecule has 0 spiro atoms. The molecule has 6 heteroatoms. The number of carbonyl (C=O) groups excluding carboxylic acids is 1. The fourth-order valence-corrected chi connectivity index (χ4v) is 2.58. The van der Waals surface area contributed by atoms with Gasteiger partial charge in [-0.2, -0.15) is 0 Å². The Balaban J connectivity index is 1.96. The van der Waals surface area contributed by atoms with Crippen molar-refractivity contribution >= 4 is 28.1 Å². The molecule has 1 unspecified atom stereocenters. The van der Waals surface area contributed by atoms with Crippen molar-refractivity contribution in [1.29, 1.82) is 0 Å². The molecule has 1 amide bonds. The summed E-state index contributed by atoms with van der Waals surface area (Å²) < 4.78 is 5.32. The number of benzene rings is 1. The van der Waals surface area contributed by atoms with Crippen molar-refractivity contribution in [3.05, 3.63) is 40.9 Å². The van der Waals surface area contributed by atoms with Crippen LogP contribution in [0.5, 0.6) is 0 Å². The van der Waals surface area contributed by atoms with Crippen molar-refractivity contribution in [2.45, 2.75) is 26.5 Å². The topological polar surface area (TPSA) is 63.2 Å². The molecule has 2 rings (SSSR count). The zero-order chi connectivity index (χ0) is 15.2. The van der Waals surface area contributed by atoms with Gasteiger partial charge < -0.3 is 15.4 Å². The predicted octanol–water partition coefficient (Wildman–Crippen LogP) is 3.42. The third-order valence-electron chi connectivity index (χ3n) is 3.02. The maximum Gasteiger partial charge on any atom is 0.223 e. The first kappa shape index (κ1) is 15.5. The summed E-state index contributed by atoms with van der Waals surface area (Å²) in [7, 11) is 1.70. The zero-order valence-corrected chi connectivity index (χ0v) is 13.2. The molecule has 2 N–H and O–H groups in total. The van der Waals surface area contributed by atoms with E-state index in [-0.39, 0.29) is 12.0 Å². The first-order valence-corrected chi connectivity index (χ1v) is 7.55. The van der Waals surface area contributed by atoms with Gasteiger partial charge in [-0.3, -0.25) is 4.79 Å². The number of aromatic nitrogens is 1. The molecular formula is C15H19N3O2S. The van der Waals surface area contributed by atoms with Crippen LogP contribution in [0.3, 0.4) is 0 Å². The fourth-order valence-electron chi connectivity index (χ4n) is 1.83. The second-order valence-corrected chi connectivity index (χ2v) is 5.54. The number of thiazole rings is 1. The van der Waals surface area contributed by atoms with Crippen molar-refractivity contribution in [2.75, 3.05) is 17.7 Å². The minimum atomic E-state index is -0.106. The molecule has 1 heterocycles. The number of methoxy groups -OCH3 is 1. The number of nitrogens with one attached hydrogen (secondary N) is 2. The van der Waals surface area contributed by atoms with Crippen LogP contribution in [0.25, 0.3) is 0 Å². The van der Waals surface area contributed by atoms with Gasteiger partial charge in [0.05, 0.1) is 18.3 Å². The smallest absolute Gasteiger partial charge is 0.223 e. The van der Waals surface area contributed by atoms with Crippen molar-refractivity contribution < 1.29 is 9.53 Å². The minimum absolute atomic E-state index is 0.0670. The quantitative estimate of drug-likeness (QED) is 0.858. The Hall–Kier alpha value is -1.92. The average Bonchev–Trinajstić information content (AvgIpc) is 2.91. The number of ether oxygens (including phenoxy) is 1. The molecule has 0 aliphatic rings. The Morgan fingerprint density at radius 3 is 3.00 bits per heavy atom. The van der Waals surface area contributed by atoms with E-state index in [9.17, 15) is 4.79 Å². The van der Waals surface area contributed by atoms with Crippen LogP contribution in [0.15, 0.2) is 29.6 Å². The van der Waals surface area contributed by atoms with E-state index in [0.717, 1.165) is 16.9 Å². The molecule has 0 aliphatic heterocycles. The summed E-state index contributed by atoms with van der Waals surface area (Å²) in [6.07, 6.45) is 0.0670. The van der Waals surface area contributed by atoms with E-state index in [0.29, 0.717) is 11.7 Å². The highest BCUT2D eigenvalue weighted by Crippen LogP contribution is 2.21. The van der Waals surface area contributed by atoms with Crippen LogP contribution in [-0.2, 0) is 16.1 Å². The molecule has 21 heavy (non-hydrogen) atoms. The Kier molecular flexibility index (Phi) is 5.30. The van der Waals surface area contributed by atoms with Gasteiger partial charge in [-0.25, -0.2) is 4.98 Å². The first-order valence-electron chi connectivity index (χ1n) is 6.67. The SMILES string of the molecule is COC(C)c1cccc(NCc2csc(NC(C)=O)n2)c1. The minimum Gasteiger partial charge on any atom is -0.379 e. The van der Waals surface area contributed by atoms with Crippen molar-refractivity contribution in [1.82, 2.24) is 4.98 Å².